The molecule has 11 heteroatoms. The minimum atomic E-state index is -5.03. The maximum Gasteiger partial charge on any atom is 0.573 e. The quantitative estimate of drug-likeness (QED) is 0.397. The van der Waals surface area contributed by atoms with Crippen LogP contribution in [0.4, 0.5) is 23.4 Å². The number of hydrogen-bond acceptors (Lipinski definition) is 6. The number of ether oxygens (including phenoxy) is 2. The highest BCUT2D eigenvalue weighted by atomic mass is 127. The van der Waals surface area contributed by atoms with Crippen molar-refractivity contribution in [2.75, 3.05) is 12.8 Å². The lowest BCUT2D eigenvalue weighted by atomic mass is 10.1. The lowest BCUT2D eigenvalue weighted by Crippen LogP contribution is -2.20. The van der Waals surface area contributed by atoms with Crippen LogP contribution < -0.4 is 15.2 Å². The van der Waals surface area contributed by atoms with Crippen LogP contribution in [0.25, 0.3) is 10.9 Å². The Labute approximate surface area is 153 Å². The van der Waals surface area contributed by atoms with Gasteiger partial charge in [0.15, 0.2) is 17.3 Å². The Morgan fingerprint density at radius 1 is 1.17 bits per heavy atom. The number of rotatable bonds is 3. The van der Waals surface area contributed by atoms with Gasteiger partial charge in [0, 0.05) is 0 Å². The fourth-order valence-corrected chi connectivity index (χ4v) is 2.78. The van der Waals surface area contributed by atoms with Crippen LogP contribution >= 0.6 is 35.2 Å². The highest BCUT2D eigenvalue weighted by Gasteiger charge is 2.36. The summed E-state index contributed by atoms with van der Waals surface area (Å²) >= 11 is 5.86. The summed E-state index contributed by atoms with van der Waals surface area (Å²) in [5, 5.41) is -0.243. The summed E-state index contributed by atoms with van der Waals surface area (Å²) in [5.41, 5.74) is 5.66. The standard InChI is InChI=1S/C13H12F4IN3O2S/c1-12(2,24)11-20-7-4(10(19)21-11)5(14)8(22-3)9(6(7)18)23-13(15,16)17/h24H,1-3H3,(H2,19,20,21). The SMILES string of the molecule is COc1c(OC(F)(F)F)c(I)c2nc(C(C)(C)S)nc(N)c2c1F. The summed E-state index contributed by atoms with van der Waals surface area (Å²) in [7, 11) is 1.02. The molecule has 0 radical (unpaired) electrons. The molecule has 2 N–H and O–H groups in total. The largest absolute Gasteiger partial charge is 0.573 e. The van der Waals surface area contributed by atoms with E-state index in [-0.39, 0.29) is 26.1 Å². The topological polar surface area (TPSA) is 70.3 Å². The molecule has 0 fully saturated rings. The van der Waals surface area contributed by atoms with E-state index in [0.29, 0.717) is 0 Å². The number of alkyl halides is 3. The zero-order valence-electron chi connectivity index (χ0n) is 12.6. The molecule has 0 aliphatic carbocycles. The second-order valence-corrected chi connectivity index (χ2v) is 7.45. The van der Waals surface area contributed by atoms with E-state index in [0.717, 1.165) is 7.11 Å². The zero-order chi connectivity index (χ0) is 18.4. The zero-order valence-corrected chi connectivity index (χ0v) is 15.7. The van der Waals surface area contributed by atoms with Gasteiger partial charge in [-0.15, -0.1) is 13.2 Å². The van der Waals surface area contributed by atoms with Gasteiger partial charge < -0.3 is 15.2 Å². The van der Waals surface area contributed by atoms with Crippen LogP contribution in [0.2, 0.25) is 0 Å². The molecule has 1 aromatic carbocycles. The van der Waals surface area contributed by atoms with Gasteiger partial charge in [0.05, 0.1) is 26.3 Å². The molecular formula is C13H12F4IN3O2S. The van der Waals surface area contributed by atoms with Crippen molar-refractivity contribution in [1.82, 2.24) is 9.97 Å². The van der Waals surface area contributed by atoms with Crippen LogP contribution in [0.5, 0.6) is 11.5 Å². The van der Waals surface area contributed by atoms with E-state index >= 15 is 0 Å². The van der Waals surface area contributed by atoms with E-state index in [4.69, 9.17) is 10.5 Å². The van der Waals surface area contributed by atoms with E-state index in [1.54, 1.807) is 36.4 Å². The van der Waals surface area contributed by atoms with Gasteiger partial charge in [-0.2, -0.15) is 12.6 Å². The van der Waals surface area contributed by atoms with E-state index in [2.05, 4.69) is 27.3 Å². The molecule has 0 atom stereocenters. The smallest absolute Gasteiger partial charge is 0.490 e. The molecular weight excluding hydrogens is 465 g/mol. The number of nitrogens with two attached hydrogens (primary N) is 1. The predicted octanol–water partition coefficient (Wildman–Crippen LogP) is 4.03. The maximum atomic E-state index is 14.6. The van der Waals surface area contributed by atoms with Crippen LogP contribution in [0.3, 0.4) is 0 Å². The van der Waals surface area contributed by atoms with Crippen LogP contribution in [-0.4, -0.2) is 23.4 Å². The summed E-state index contributed by atoms with van der Waals surface area (Å²) in [6.45, 7) is 3.33. The number of benzene rings is 1. The van der Waals surface area contributed by atoms with Crippen LogP contribution in [0, 0.1) is 9.39 Å². The minimum absolute atomic E-state index is 0.105. The molecule has 5 nitrogen and oxygen atoms in total. The average molecular weight is 477 g/mol. The number of halogens is 5. The first kappa shape index (κ1) is 19.1. The van der Waals surface area contributed by atoms with E-state index in [1.807, 2.05) is 0 Å². The molecule has 0 bridgehead atoms. The third-order valence-electron chi connectivity index (χ3n) is 2.94. The van der Waals surface area contributed by atoms with Gasteiger partial charge in [-0.1, -0.05) is 0 Å². The number of nitrogens with zero attached hydrogens (tertiary/aromatic N) is 2. The lowest BCUT2D eigenvalue weighted by molar-refractivity contribution is -0.275. The van der Waals surface area contributed by atoms with Crippen molar-refractivity contribution < 1.29 is 27.0 Å². The van der Waals surface area contributed by atoms with E-state index < -0.39 is 28.4 Å². The first-order chi connectivity index (χ1) is 10.9. The second-order valence-electron chi connectivity index (χ2n) is 5.25. The Bertz CT molecular complexity index is 809. The van der Waals surface area contributed by atoms with E-state index in [1.165, 1.54) is 0 Å². The van der Waals surface area contributed by atoms with Crippen molar-refractivity contribution in [1.29, 1.82) is 0 Å². The molecule has 0 aliphatic rings. The summed E-state index contributed by atoms with van der Waals surface area (Å²) in [6.07, 6.45) is -5.03. The van der Waals surface area contributed by atoms with Crippen molar-refractivity contribution in [3.05, 3.63) is 15.2 Å². The van der Waals surface area contributed by atoms with Gasteiger partial charge in [-0.3, -0.25) is 0 Å². The molecule has 132 valence electrons. The lowest BCUT2D eigenvalue weighted by Gasteiger charge is -2.20. The second kappa shape index (κ2) is 6.24. The van der Waals surface area contributed by atoms with Crippen molar-refractivity contribution in [2.45, 2.75) is 25.0 Å². The first-order valence-corrected chi connectivity index (χ1v) is 7.90. The summed E-state index contributed by atoms with van der Waals surface area (Å²) in [4.78, 5) is 8.10. The Hall–Kier alpha value is -1.24. The number of methoxy groups -OCH3 is 1. The molecule has 0 unspecified atom stereocenters. The van der Waals surface area contributed by atoms with Crippen molar-refractivity contribution >= 4 is 51.9 Å². The fourth-order valence-electron chi connectivity index (χ4n) is 1.94. The molecule has 1 aromatic heterocycles. The van der Waals surface area contributed by atoms with Gasteiger partial charge in [-0.25, -0.2) is 14.4 Å². The number of aromatic nitrogens is 2. The Morgan fingerprint density at radius 3 is 2.21 bits per heavy atom. The molecule has 1 heterocycles. The van der Waals surface area contributed by atoms with Crippen LogP contribution in [0.1, 0.15) is 19.7 Å². The van der Waals surface area contributed by atoms with Gasteiger partial charge in [0.1, 0.15) is 11.6 Å². The maximum absolute atomic E-state index is 14.6. The van der Waals surface area contributed by atoms with Crippen molar-refractivity contribution in [2.24, 2.45) is 0 Å². The minimum Gasteiger partial charge on any atom is -0.490 e. The predicted molar refractivity (Wildman–Crippen MR) is 91.9 cm³/mol. The molecule has 0 saturated carbocycles. The number of hydrogen-bond donors (Lipinski definition) is 2. The third-order valence-corrected chi connectivity index (χ3v) is 4.14. The highest BCUT2D eigenvalue weighted by molar-refractivity contribution is 14.1. The molecule has 0 saturated heterocycles. The number of anilines is 1. The molecule has 2 aromatic rings. The van der Waals surface area contributed by atoms with Gasteiger partial charge in [0.2, 0.25) is 0 Å². The molecule has 0 spiro atoms. The third kappa shape index (κ3) is 3.55. The number of fused-ring (bicyclic) bond motifs is 1. The van der Waals surface area contributed by atoms with E-state index in [9.17, 15) is 17.6 Å². The number of nitrogen functional groups attached to an aromatic ring is 1. The van der Waals surface area contributed by atoms with Crippen LogP contribution in [0.15, 0.2) is 0 Å². The summed E-state index contributed by atoms with van der Waals surface area (Å²) in [6, 6.07) is 0. The highest BCUT2D eigenvalue weighted by Crippen LogP contribution is 2.44. The first-order valence-electron chi connectivity index (χ1n) is 6.37. The summed E-state index contributed by atoms with van der Waals surface area (Å²) < 4.78 is 60.3. The Kier molecular flexibility index (Phi) is 4.97. The molecule has 24 heavy (non-hydrogen) atoms. The Morgan fingerprint density at radius 2 is 1.75 bits per heavy atom. The monoisotopic (exact) mass is 477 g/mol. The van der Waals surface area contributed by atoms with Gasteiger partial charge in [0.25, 0.3) is 0 Å². The summed E-state index contributed by atoms with van der Waals surface area (Å²) in [5.74, 6) is -2.78. The molecule has 0 aliphatic heterocycles. The van der Waals surface area contributed by atoms with Gasteiger partial charge in [-0.05, 0) is 36.4 Å². The van der Waals surface area contributed by atoms with Crippen LogP contribution in [-0.2, 0) is 4.75 Å². The number of thiol groups is 1. The van der Waals surface area contributed by atoms with Crippen molar-refractivity contribution in [3.63, 3.8) is 0 Å². The Balaban J connectivity index is 2.91. The average Bonchev–Trinajstić information content (AvgIpc) is 2.41. The fraction of sp³-hybridized carbons (Fsp3) is 0.385. The molecule has 2 rings (SSSR count). The van der Waals surface area contributed by atoms with Crippen molar-refractivity contribution in [3.8, 4) is 11.5 Å². The normalized spacial score (nSPS) is 12.5. The van der Waals surface area contributed by atoms with Gasteiger partial charge >= 0.3 is 6.36 Å². The molecule has 0 amide bonds.